The molecule has 0 bridgehead atoms. The molecule has 2 nitrogen and oxygen atoms in total. The van der Waals surface area contributed by atoms with Gasteiger partial charge in [-0.2, -0.15) is 13.2 Å². The number of halogens is 4. The average molecular weight is 268 g/mol. The predicted molar refractivity (Wildman–Crippen MR) is 61.4 cm³/mol. The lowest BCUT2D eigenvalue weighted by Crippen LogP contribution is -2.30. The van der Waals surface area contributed by atoms with Crippen LogP contribution in [0.5, 0.6) is 0 Å². The van der Waals surface area contributed by atoms with Crippen LogP contribution < -0.4 is 5.32 Å². The first-order valence-electron chi connectivity index (χ1n) is 5.07. The van der Waals surface area contributed by atoms with E-state index in [0.29, 0.717) is 11.6 Å². The summed E-state index contributed by atoms with van der Waals surface area (Å²) in [4.78, 5) is 0. The first-order valence-corrected chi connectivity index (χ1v) is 5.45. The highest BCUT2D eigenvalue weighted by Gasteiger charge is 2.36. The molecule has 0 fully saturated rings. The molecule has 1 N–H and O–H groups in total. The summed E-state index contributed by atoms with van der Waals surface area (Å²) < 4.78 is 40.9. The Hall–Kier alpha value is -0.940. The molecule has 17 heavy (non-hydrogen) atoms. The van der Waals surface area contributed by atoms with Crippen LogP contribution in [0.1, 0.15) is 6.92 Å². The molecule has 0 heterocycles. The second-order valence-corrected chi connectivity index (χ2v) is 3.93. The van der Waals surface area contributed by atoms with Crippen molar-refractivity contribution in [3.05, 3.63) is 29.3 Å². The minimum absolute atomic E-state index is 0.0206. The van der Waals surface area contributed by atoms with Crippen molar-refractivity contribution in [2.75, 3.05) is 18.5 Å². The van der Waals surface area contributed by atoms with E-state index in [1.165, 1.54) is 0 Å². The molecule has 6 heteroatoms. The Balaban J connectivity index is 2.25. The fourth-order valence-electron chi connectivity index (χ4n) is 1.12. The van der Waals surface area contributed by atoms with E-state index in [1.54, 1.807) is 24.3 Å². The van der Waals surface area contributed by atoms with Gasteiger partial charge in [0.05, 0.1) is 6.61 Å². The van der Waals surface area contributed by atoms with Crippen LogP contribution in [0.3, 0.4) is 0 Å². The molecule has 1 aromatic carbocycles. The van der Waals surface area contributed by atoms with Gasteiger partial charge < -0.3 is 10.1 Å². The van der Waals surface area contributed by atoms with Crippen molar-refractivity contribution in [1.82, 2.24) is 0 Å². The van der Waals surface area contributed by atoms with E-state index in [9.17, 15) is 13.2 Å². The van der Waals surface area contributed by atoms with Gasteiger partial charge in [-0.15, -0.1) is 0 Å². The maximum Gasteiger partial charge on any atom is 0.414 e. The highest BCUT2D eigenvalue weighted by Crippen LogP contribution is 2.22. The maximum absolute atomic E-state index is 12.1. The van der Waals surface area contributed by atoms with Gasteiger partial charge in [0, 0.05) is 17.3 Å². The van der Waals surface area contributed by atoms with Crippen molar-refractivity contribution in [2.24, 2.45) is 0 Å². The molecule has 1 rings (SSSR count). The van der Waals surface area contributed by atoms with E-state index >= 15 is 0 Å². The number of rotatable bonds is 5. The van der Waals surface area contributed by atoms with Gasteiger partial charge in [-0.3, -0.25) is 0 Å². The Labute approximate surface area is 103 Å². The molecule has 0 saturated heterocycles. The van der Waals surface area contributed by atoms with Crippen LogP contribution in [0.25, 0.3) is 0 Å². The van der Waals surface area contributed by atoms with Gasteiger partial charge in [-0.25, -0.2) is 0 Å². The number of anilines is 1. The summed E-state index contributed by atoms with van der Waals surface area (Å²) in [5.41, 5.74) is 0.751. The molecule has 0 spiro atoms. The number of hydrogen-bond acceptors (Lipinski definition) is 2. The molecule has 0 aliphatic rings. The van der Waals surface area contributed by atoms with E-state index in [0.717, 1.165) is 12.6 Å². The quantitative estimate of drug-likeness (QED) is 0.821. The highest BCUT2D eigenvalue weighted by molar-refractivity contribution is 6.30. The zero-order valence-corrected chi connectivity index (χ0v) is 9.98. The zero-order chi connectivity index (χ0) is 12.9. The summed E-state index contributed by atoms with van der Waals surface area (Å²) in [6, 6.07) is 6.94. The van der Waals surface area contributed by atoms with E-state index in [1.807, 2.05) is 0 Å². The van der Waals surface area contributed by atoms with E-state index in [-0.39, 0.29) is 6.61 Å². The zero-order valence-electron chi connectivity index (χ0n) is 9.22. The summed E-state index contributed by atoms with van der Waals surface area (Å²) in [6.07, 6.45) is -6.06. The molecule has 1 aromatic rings. The fraction of sp³-hybridized carbons (Fsp3) is 0.455. The van der Waals surface area contributed by atoms with Crippen molar-refractivity contribution >= 4 is 17.3 Å². The van der Waals surface area contributed by atoms with Crippen molar-refractivity contribution < 1.29 is 17.9 Å². The first kappa shape index (κ1) is 14.1. The van der Waals surface area contributed by atoms with Crippen LogP contribution in [-0.4, -0.2) is 25.4 Å². The van der Waals surface area contributed by atoms with Crippen LogP contribution in [-0.2, 0) is 4.74 Å². The standard InChI is InChI=1S/C11H13ClF3NO/c1-8(11(13,14)15)17-6-5-16-10-4-2-3-9(12)7-10/h2-4,7-8,16H,5-6H2,1H3. The van der Waals surface area contributed by atoms with Crippen molar-refractivity contribution in [2.45, 2.75) is 19.2 Å². The molecule has 0 aromatic heterocycles. The summed E-state index contributed by atoms with van der Waals surface area (Å²) >= 11 is 5.75. The number of alkyl halides is 3. The molecular formula is C11H13ClF3NO. The number of ether oxygens (including phenoxy) is 1. The Bertz CT molecular complexity index is 357. The first-order chi connectivity index (χ1) is 7.89. The van der Waals surface area contributed by atoms with Crippen molar-refractivity contribution in [1.29, 1.82) is 0 Å². The average Bonchev–Trinajstić information content (AvgIpc) is 2.23. The Kier molecular flexibility index (Phi) is 5.08. The molecule has 0 amide bonds. The summed E-state index contributed by atoms with van der Waals surface area (Å²) in [7, 11) is 0. The van der Waals surface area contributed by atoms with E-state index in [2.05, 4.69) is 10.1 Å². The molecule has 1 atom stereocenters. The minimum Gasteiger partial charge on any atom is -0.383 e. The van der Waals surface area contributed by atoms with Crippen LogP contribution in [0.15, 0.2) is 24.3 Å². The van der Waals surface area contributed by atoms with Crippen LogP contribution in [0.2, 0.25) is 5.02 Å². The van der Waals surface area contributed by atoms with Crippen LogP contribution in [0, 0.1) is 0 Å². The molecule has 1 unspecified atom stereocenters. The number of hydrogen-bond donors (Lipinski definition) is 1. The second-order valence-electron chi connectivity index (χ2n) is 3.49. The van der Waals surface area contributed by atoms with E-state index < -0.39 is 12.3 Å². The lowest BCUT2D eigenvalue weighted by molar-refractivity contribution is -0.213. The molecular weight excluding hydrogens is 255 g/mol. The van der Waals surface area contributed by atoms with Crippen molar-refractivity contribution in [3.8, 4) is 0 Å². The largest absolute Gasteiger partial charge is 0.414 e. The summed E-state index contributed by atoms with van der Waals surface area (Å²) in [5.74, 6) is 0. The van der Waals surface area contributed by atoms with Gasteiger partial charge in [0.1, 0.15) is 0 Å². The summed E-state index contributed by atoms with van der Waals surface area (Å²) in [5, 5.41) is 3.48. The van der Waals surface area contributed by atoms with Gasteiger partial charge in [-0.1, -0.05) is 17.7 Å². The third-order valence-corrected chi connectivity index (χ3v) is 2.32. The minimum atomic E-state index is -4.31. The van der Waals surface area contributed by atoms with E-state index in [4.69, 9.17) is 11.6 Å². The van der Waals surface area contributed by atoms with Gasteiger partial charge in [0.25, 0.3) is 0 Å². The monoisotopic (exact) mass is 267 g/mol. The molecule has 0 saturated carbocycles. The SMILES string of the molecule is CC(OCCNc1cccc(Cl)c1)C(F)(F)F. The number of nitrogens with one attached hydrogen (secondary N) is 1. The van der Waals surface area contributed by atoms with Crippen molar-refractivity contribution in [3.63, 3.8) is 0 Å². The molecule has 96 valence electrons. The second kappa shape index (κ2) is 6.12. The Morgan fingerprint density at radius 2 is 2.12 bits per heavy atom. The summed E-state index contributed by atoms with van der Waals surface area (Å²) in [6.45, 7) is 1.26. The Morgan fingerprint density at radius 1 is 1.41 bits per heavy atom. The third kappa shape index (κ3) is 5.28. The third-order valence-electron chi connectivity index (χ3n) is 2.08. The number of benzene rings is 1. The van der Waals surface area contributed by atoms with Gasteiger partial charge in [0.15, 0.2) is 6.10 Å². The lowest BCUT2D eigenvalue weighted by Gasteiger charge is -2.16. The molecule has 0 aliphatic carbocycles. The fourth-order valence-corrected chi connectivity index (χ4v) is 1.31. The highest BCUT2D eigenvalue weighted by atomic mass is 35.5. The smallest absolute Gasteiger partial charge is 0.383 e. The predicted octanol–water partition coefficient (Wildman–Crippen LogP) is 3.72. The topological polar surface area (TPSA) is 21.3 Å². The lowest BCUT2D eigenvalue weighted by atomic mass is 10.3. The van der Waals surface area contributed by atoms with Crippen LogP contribution in [0.4, 0.5) is 18.9 Å². The maximum atomic E-state index is 12.1. The normalized spacial score (nSPS) is 13.5. The molecule has 0 radical (unpaired) electrons. The molecule has 0 aliphatic heterocycles. The van der Waals surface area contributed by atoms with Gasteiger partial charge in [-0.05, 0) is 25.1 Å². The van der Waals surface area contributed by atoms with Gasteiger partial charge in [0.2, 0.25) is 0 Å². The Morgan fingerprint density at radius 3 is 2.71 bits per heavy atom. The van der Waals surface area contributed by atoms with Crippen LogP contribution >= 0.6 is 11.6 Å². The van der Waals surface area contributed by atoms with Gasteiger partial charge >= 0.3 is 6.18 Å².